The summed E-state index contributed by atoms with van der Waals surface area (Å²) in [6, 6.07) is 10.7. The molecule has 4 rings (SSSR count). The van der Waals surface area contributed by atoms with Crippen LogP contribution in [0, 0.1) is 0 Å². The fourth-order valence-electron chi connectivity index (χ4n) is 3.29. The molecule has 1 aromatic carbocycles. The monoisotopic (exact) mass is 319 g/mol. The highest BCUT2D eigenvalue weighted by Crippen LogP contribution is 2.27. The SMILES string of the molecule is CNc1nc(-c2ccc(N3CCCCC3)cc2)cc2nccnc12. The van der Waals surface area contributed by atoms with Crippen molar-refractivity contribution in [2.75, 3.05) is 30.4 Å². The lowest BCUT2D eigenvalue weighted by Crippen LogP contribution is -2.29. The van der Waals surface area contributed by atoms with Crippen molar-refractivity contribution in [1.82, 2.24) is 15.0 Å². The van der Waals surface area contributed by atoms with Gasteiger partial charge in [0.2, 0.25) is 0 Å². The number of anilines is 2. The molecule has 3 heterocycles. The highest BCUT2D eigenvalue weighted by molar-refractivity contribution is 5.88. The molecule has 1 fully saturated rings. The Bertz CT molecular complexity index is 838. The third-order valence-electron chi connectivity index (χ3n) is 4.58. The van der Waals surface area contributed by atoms with E-state index in [1.807, 2.05) is 13.1 Å². The van der Waals surface area contributed by atoms with Gasteiger partial charge in [0.15, 0.2) is 5.82 Å². The first-order valence-electron chi connectivity index (χ1n) is 8.50. The first-order valence-corrected chi connectivity index (χ1v) is 8.50. The molecule has 0 saturated carbocycles. The molecule has 24 heavy (non-hydrogen) atoms. The summed E-state index contributed by atoms with van der Waals surface area (Å²) in [7, 11) is 1.86. The molecule has 0 amide bonds. The molecule has 122 valence electrons. The lowest BCUT2D eigenvalue weighted by atomic mass is 10.1. The topological polar surface area (TPSA) is 53.9 Å². The van der Waals surface area contributed by atoms with Gasteiger partial charge in [-0.2, -0.15) is 0 Å². The van der Waals surface area contributed by atoms with Gasteiger partial charge in [-0.3, -0.25) is 4.98 Å². The van der Waals surface area contributed by atoms with Crippen molar-refractivity contribution in [3.05, 3.63) is 42.7 Å². The van der Waals surface area contributed by atoms with Crippen LogP contribution in [-0.2, 0) is 0 Å². The minimum atomic E-state index is 0.760. The van der Waals surface area contributed by atoms with E-state index in [0.29, 0.717) is 0 Å². The van der Waals surface area contributed by atoms with Gasteiger partial charge in [-0.1, -0.05) is 12.1 Å². The van der Waals surface area contributed by atoms with E-state index in [0.717, 1.165) is 41.2 Å². The van der Waals surface area contributed by atoms with Gasteiger partial charge < -0.3 is 10.2 Å². The molecule has 1 aliphatic heterocycles. The van der Waals surface area contributed by atoms with Gasteiger partial charge in [0, 0.05) is 43.8 Å². The summed E-state index contributed by atoms with van der Waals surface area (Å²) in [6.45, 7) is 2.32. The second kappa shape index (κ2) is 6.43. The molecule has 3 aromatic rings. The predicted octanol–water partition coefficient (Wildman–Crippen LogP) is 3.72. The molecule has 5 heteroatoms. The fraction of sp³-hybridized carbons (Fsp3) is 0.316. The maximum atomic E-state index is 4.70. The molecule has 2 aromatic heterocycles. The van der Waals surface area contributed by atoms with Gasteiger partial charge in [0.05, 0.1) is 11.2 Å². The molecule has 1 N–H and O–H groups in total. The fourth-order valence-corrected chi connectivity index (χ4v) is 3.29. The summed E-state index contributed by atoms with van der Waals surface area (Å²) >= 11 is 0. The smallest absolute Gasteiger partial charge is 0.154 e. The first kappa shape index (κ1) is 14.9. The largest absolute Gasteiger partial charge is 0.372 e. The van der Waals surface area contributed by atoms with Crippen molar-refractivity contribution in [3.8, 4) is 11.3 Å². The van der Waals surface area contributed by atoms with Crippen LogP contribution in [0.4, 0.5) is 11.5 Å². The Morgan fingerprint density at radius 2 is 1.71 bits per heavy atom. The number of nitrogens with one attached hydrogen (secondary N) is 1. The number of piperidine rings is 1. The van der Waals surface area contributed by atoms with Gasteiger partial charge in [0.25, 0.3) is 0 Å². The van der Waals surface area contributed by atoms with E-state index in [9.17, 15) is 0 Å². The maximum absolute atomic E-state index is 4.70. The van der Waals surface area contributed by atoms with Gasteiger partial charge >= 0.3 is 0 Å². The number of aromatic nitrogens is 3. The van der Waals surface area contributed by atoms with Crippen LogP contribution >= 0.6 is 0 Å². The van der Waals surface area contributed by atoms with E-state index in [1.54, 1.807) is 12.4 Å². The number of hydrogen-bond acceptors (Lipinski definition) is 5. The van der Waals surface area contributed by atoms with E-state index in [4.69, 9.17) is 4.98 Å². The van der Waals surface area contributed by atoms with Crippen molar-refractivity contribution in [1.29, 1.82) is 0 Å². The van der Waals surface area contributed by atoms with E-state index >= 15 is 0 Å². The summed E-state index contributed by atoms with van der Waals surface area (Å²) in [5.41, 5.74) is 4.96. The molecule has 1 saturated heterocycles. The zero-order valence-corrected chi connectivity index (χ0v) is 13.9. The van der Waals surface area contributed by atoms with Crippen LogP contribution in [0.5, 0.6) is 0 Å². The molecule has 0 bridgehead atoms. The summed E-state index contributed by atoms with van der Waals surface area (Å²) in [6.07, 6.45) is 7.34. The highest BCUT2D eigenvalue weighted by atomic mass is 15.1. The maximum Gasteiger partial charge on any atom is 0.154 e. The molecule has 0 aliphatic carbocycles. The van der Waals surface area contributed by atoms with Gasteiger partial charge in [-0.25, -0.2) is 9.97 Å². The Balaban J connectivity index is 1.69. The van der Waals surface area contributed by atoms with Crippen molar-refractivity contribution >= 4 is 22.5 Å². The Kier molecular flexibility index (Phi) is 3.99. The molecule has 5 nitrogen and oxygen atoms in total. The van der Waals surface area contributed by atoms with Crippen molar-refractivity contribution in [2.45, 2.75) is 19.3 Å². The number of fused-ring (bicyclic) bond motifs is 1. The minimum Gasteiger partial charge on any atom is -0.372 e. The van der Waals surface area contributed by atoms with Crippen LogP contribution in [0.2, 0.25) is 0 Å². The molecule has 1 aliphatic rings. The molecule has 0 spiro atoms. The zero-order chi connectivity index (χ0) is 16.4. The van der Waals surface area contributed by atoms with E-state index < -0.39 is 0 Å². The number of nitrogens with zero attached hydrogens (tertiary/aromatic N) is 4. The minimum absolute atomic E-state index is 0.760. The molecular formula is C19H21N5. The zero-order valence-electron chi connectivity index (χ0n) is 13.9. The van der Waals surface area contributed by atoms with Gasteiger partial charge in [0.1, 0.15) is 5.52 Å². The average Bonchev–Trinajstić information content (AvgIpc) is 2.68. The van der Waals surface area contributed by atoms with Crippen molar-refractivity contribution < 1.29 is 0 Å². The van der Waals surface area contributed by atoms with E-state index in [2.05, 4.69) is 44.5 Å². The second-order valence-electron chi connectivity index (χ2n) is 6.12. The Morgan fingerprint density at radius 3 is 2.46 bits per heavy atom. The molecule has 0 unspecified atom stereocenters. The van der Waals surface area contributed by atoms with Crippen LogP contribution in [0.1, 0.15) is 19.3 Å². The summed E-state index contributed by atoms with van der Waals surface area (Å²) in [5, 5.41) is 3.12. The highest BCUT2D eigenvalue weighted by Gasteiger charge is 2.12. The summed E-state index contributed by atoms with van der Waals surface area (Å²) in [5.74, 6) is 0.760. The van der Waals surface area contributed by atoms with Gasteiger partial charge in [-0.15, -0.1) is 0 Å². The summed E-state index contributed by atoms with van der Waals surface area (Å²) in [4.78, 5) is 16.0. The Labute approximate surface area is 141 Å². The lowest BCUT2D eigenvalue weighted by molar-refractivity contribution is 0.578. The van der Waals surface area contributed by atoms with Crippen LogP contribution in [0.15, 0.2) is 42.7 Å². The molecular weight excluding hydrogens is 298 g/mol. The standard InChI is InChI=1S/C19H21N5/c1-20-19-18-17(21-9-10-22-18)13-16(23-19)14-5-7-15(8-6-14)24-11-3-2-4-12-24/h5-10,13H,2-4,11-12H2,1H3,(H,20,23). The third-order valence-corrected chi connectivity index (χ3v) is 4.58. The summed E-state index contributed by atoms with van der Waals surface area (Å²) < 4.78 is 0. The molecule has 0 atom stereocenters. The Morgan fingerprint density at radius 1 is 0.958 bits per heavy atom. The van der Waals surface area contributed by atoms with Crippen molar-refractivity contribution in [2.24, 2.45) is 0 Å². The van der Waals surface area contributed by atoms with Crippen LogP contribution < -0.4 is 10.2 Å². The predicted molar refractivity (Wildman–Crippen MR) is 98.4 cm³/mol. The van der Waals surface area contributed by atoms with Crippen molar-refractivity contribution in [3.63, 3.8) is 0 Å². The second-order valence-corrected chi connectivity index (χ2v) is 6.12. The quantitative estimate of drug-likeness (QED) is 0.797. The number of benzene rings is 1. The normalized spacial score (nSPS) is 14.8. The average molecular weight is 319 g/mol. The lowest BCUT2D eigenvalue weighted by Gasteiger charge is -2.28. The first-order chi connectivity index (χ1) is 11.8. The number of rotatable bonds is 3. The van der Waals surface area contributed by atoms with Gasteiger partial charge in [-0.05, 0) is 37.5 Å². The third kappa shape index (κ3) is 2.77. The van der Waals surface area contributed by atoms with Crippen LogP contribution in [-0.4, -0.2) is 35.1 Å². The Hall–Kier alpha value is -2.69. The number of hydrogen-bond donors (Lipinski definition) is 1. The van der Waals surface area contributed by atoms with Crippen LogP contribution in [0.25, 0.3) is 22.3 Å². The number of pyridine rings is 1. The molecule has 0 radical (unpaired) electrons. The van der Waals surface area contributed by atoms with Crippen LogP contribution in [0.3, 0.4) is 0 Å². The van der Waals surface area contributed by atoms with E-state index in [-0.39, 0.29) is 0 Å². The van der Waals surface area contributed by atoms with E-state index in [1.165, 1.54) is 24.9 Å².